The molecule has 1 aromatic heterocycles. The SMILES string of the molecule is O=C(CCNc1ccc2c(c1)OCCO2)NCc1ccco1. The van der Waals surface area contributed by atoms with E-state index in [1.807, 2.05) is 24.3 Å². The molecule has 0 saturated carbocycles. The van der Waals surface area contributed by atoms with Gasteiger partial charge >= 0.3 is 0 Å². The minimum absolute atomic E-state index is 0.0264. The molecule has 0 aliphatic carbocycles. The zero-order valence-corrected chi connectivity index (χ0v) is 12.1. The smallest absolute Gasteiger partial charge is 0.222 e. The van der Waals surface area contributed by atoms with Crippen molar-refractivity contribution in [2.45, 2.75) is 13.0 Å². The van der Waals surface area contributed by atoms with Gasteiger partial charge in [0.15, 0.2) is 11.5 Å². The standard InChI is InChI=1S/C16H18N2O4/c19-16(18-11-13-2-1-7-20-13)5-6-17-12-3-4-14-15(10-12)22-9-8-21-14/h1-4,7,10,17H,5-6,8-9,11H2,(H,18,19). The van der Waals surface area contributed by atoms with Crippen molar-refractivity contribution in [3.05, 3.63) is 42.4 Å². The van der Waals surface area contributed by atoms with Crippen LogP contribution in [0.4, 0.5) is 5.69 Å². The van der Waals surface area contributed by atoms with E-state index in [1.54, 1.807) is 12.3 Å². The highest BCUT2D eigenvalue weighted by molar-refractivity contribution is 5.76. The Bertz CT molecular complexity index is 625. The van der Waals surface area contributed by atoms with Crippen molar-refractivity contribution in [3.8, 4) is 11.5 Å². The fourth-order valence-corrected chi connectivity index (χ4v) is 2.16. The molecule has 2 heterocycles. The number of furan rings is 1. The number of hydrogen-bond acceptors (Lipinski definition) is 5. The van der Waals surface area contributed by atoms with Crippen molar-refractivity contribution >= 4 is 11.6 Å². The molecular weight excluding hydrogens is 284 g/mol. The van der Waals surface area contributed by atoms with E-state index in [2.05, 4.69) is 10.6 Å². The third-order valence-electron chi connectivity index (χ3n) is 3.26. The van der Waals surface area contributed by atoms with Gasteiger partial charge in [0.2, 0.25) is 5.91 Å². The third kappa shape index (κ3) is 3.72. The lowest BCUT2D eigenvalue weighted by atomic mass is 10.2. The van der Waals surface area contributed by atoms with Gasteiger partial charge in [0.1, 0.15) is 19.0 Å². The molecule has 0 radical (unpaired) electrons. The predicted molar refractivity (Wildman–Crippen MR) is 81.1 cm³/mol. The lowest BCUT2D eigenvalue weighted by molar-refractivity contribution is -0.121. The van der Waals surface area contributed by atoms with Crippen molar-refractivity contribution in [1.82, 2.24) is 5.32 Å². The quantitative estimate of drug-likeness (QED) is 0.855. The van der Waals surface area contributed by atoms with Gasteiger partial charge in [0.05, 0.1) is 12.8 Å². The van der Waals surface area contributed by atoms with E-state index >= 15 is 0 Å². The summed E-state index contributed by atoms with van der Waals surface area (Å²) in [4.78, 5) is 11.7. The molecule has 0 bridgehead atoms. The first-order chi connectivity index (χ1) is 10.8. The number of nitrogens with one attached hydrogen (secondary N) is 2. The molecule has 1 aromatic carbocycles. The molecule has 2 N–H and O–H groups in total. The van der Waals surface area contributed by atoms with Gasteiger partial charge in [-0.05, 0) is 24.3 Å². The number of anilines is 1. The summed E-state index contributed by atoms with van der Waals surface area (Å²) in [5.74, 6) is 2.21. The normalized spacial score (nSPS) is 12.7. The van der Waals surface area contributed by atoms with Crippen LogP contribution in [0.25, 0.3) is 0 Å². The van der Waals surface area contributed by atoms with Gasteiger partial charge < -0.3 is 24.5 Å². The monoisotopic (exact) mass is 302 g/mol. The van der Waals surface area contributed by atoms with Crippen LogP contribution < -0.4 is 20.1 Å². The number of amides is 1. The second kappa shape index (κ2) is 6.89. The summed E-state index contributed by atoms with van der Waals surface area (Å²) >= 11 is 0. The van der Waals surface area contributed by atoms with Crippen LogP contribution in [-0.4, -0.2) is 25.7 Å². The molecule has 6 nitrogen and oxygen atoms in total. The van der Waals surface area contributed by atoms with Crippen LogP contribution in [0.15, 0.2) is 41.0 Å². The number of carbonyl (C=O) groups excluding carboxylic acids is 1. The largest absolute Gasteiger partial charge is 0.486 e. The van der Waals surface area contributed by atoms with Gasteiger partial charge in [-0.3, -0.25) is 4.79 Å². The maximum Gasteiger partial charge on any atom is 0.222 e. The van der Waals surface area contributed by atoms with Crippen molar-refractivity contribution in [3.63, 3.8) is 0 Å². The van der Waals surface area contributed by atoms with Crippen LogP contribution in [-0.2, 0) is 11.3 Å². The number of hydrogen-bond donors (Lipinski definition) is 2. The Morgan fingerprint density at radius 2 is 2.00 bits per heavy atom. The average molecular weight is 302 g/mol. The fourth-order valence-electron chi connectivity index (χ4n) is 2.16. The van der Waals surface area contributed by atoms with Gasteiger partial charge in [0, 0.05) is 24.7 Å². The highest BCUT2D eigenvalue weighted by atomic mass is 16.6. The summed E-state index contributed by atoms with van der Waals surface area (Å²) in [6, 6.07) is 9.29. The zero-order chi connectivity index (χ0) is 15.2. The number of ether oxygens (including phenoxy) is 2. The lowest BCUT2D eigenvalue weighted by Crippen LogP contribution is -2.24. The van der Waals surface area contributed by atoms with Gasteiger partial charge in [-0.1, -0.05) is 0 Å². The van der Waals surface area contributed by atoms with Crippen molar-refractivity contribution in [1.29, 1.82) is 0 Å². The molecule has 22 heavy (non-hydrogen) atoms. The van der Waals surface area contributed by atoms with E-state index in [9.17, 15) is 4.79 Å². The molecule has 0 atom stereocenters. The maximum atomic E-state index is 11.7. The highest BCUT2D eigenvalue weighted by Gasteiger charge is 2.11. The van der Waals surface area contributed by atoms with Crippen LogP contribution >= 0.6 is 0 Å². The molecular formula is C16H18N2O4. The van der Waals surface area contributed by atoms with Crippen LogP contribution in [0.5, 0.6) is 11.5 Å². The summed E-state index contributed by atoms with van der Waals surface area (Å²) in [5, 5.41) is 6.00. The van der Waals surface area contributed by atoms with E-state index in [0.29, 0.717) is 32.7 Å². The van der Waals surface area contributed by atoms with Crippen LogP contribution in [0.3, 0.4) is 0 Å². The minimum atomic E-state index is -0.0264. The number of carbonyl (C=O) groups is 1. The van der Waals surface area contributed by atoms with E-state index in [0.717, 1.165) is 22.9 Å². The zero-order valence-electron chi connectivity index (χ0n) is 12.1. The third-order valence-corrected chi connectivity index (χ3v) is 3.26. The molecule has 0 fully saturated rings. The van der Waals surface area contributed by atoms with E-state index in [1.165, 1.54) is 0 Å². The van der Waals surface area contributed by atoms with Crippen molar-refractivity contribution in [2.24, 2.45) is 0 Å². The highest BCUT2D eigenvalue weighted by Crippen LogP contribution is 2.32. The molecule has 1 aliphatic rings. The van der Waals surface area contributed by atoms with E-state index in [4.69, 9.17) is 13.9 Å². The molecule has 6 heteroatoms. The summed E-state index contributed by atoms with van der Waals surface area (Å²) in [7, 11) is 0. The van der Waals surface area contributed by atoms with Gasteiger partial charge in [0.25, 0.3) is 0 Å². The first-order valence-corrected chi connectivity index (χ1v) is 7.24. The molecule has 0 unspecified atom stereocenters. The Balaban J connectivity index is 1.41. The predicted octanol–water partition coefficient (Wildman–Crippen LogP) is 2.17. The molecule has 0 spiro atoms. The summed E-state index contributed by atoms with van der Waals surface area (Å²) in [6.45, 7) is 2.10. The first-order valence-electron chi connectivity index (χ1n) is 7.24. The molecule has 3 rings (SSSR count). The van der Waals surface area contributed by atoms with Crippen molar-refractivity contribution < 1.29 is 18.7 Å². The topological polar surface area (TPSA) is 72.7 Å². The Morgan fingerprint density at radius 1 is 1.14 bits per heavy atom. The second-order valence-electron chi connectivity index (χ2n) is 4.89. The van der Waals surface area contributed by atoms with Crippen molar-refractivity contribution in [2.75, 3.05) is 25.1 Å². The molecule has 0 saturated heterocycles. The Morgan fingerprint density at radius 3 is 2.82 bits per heavy atom. The summed E-state index contributed by atoms with van der Waals surface area (Å²) in [6.07, 6.45) is 1.97. The number of fused-ring (bicyclic) bond motifs is 1. The summed E-state index contributed by atoms with van der Waals surface area (Å²) in [5.41, 5.74) is 0.906. The van der Waals surface area contributed by atoms with E-state index in [-0.39, 0.29) is 5.91 Å². The Kier molecular flexibility index (Phi) is 4.48. The second-order valence-corrected chi connectivity index (χ2v) is 4.89. The average Bonchev–Trinajstić information content (AvgIpc) is 3.06. The minimum Gasteiger partial charge on any atom is -0.486 e. The number of rotatable bonds is 6. The molecule has 1 aliphatic heterocycles. The van der Waals surface area contributed by atoms with Crippen LogP contribution in [0.2, 0.25) is 0 Å². The molecule has 116 valence electrons. The lowest BCUT2D eigenvalue weighted by Gasteiger charge is -2.19. The number of benzene rings is 1. The van der Waals surface area contributed by atoms with Gasteiger partial charge in [-0.2, -0.15) is 0 Å². The van der Waals surface area contributed by atoms with Gasteiger partial charge in [-0.25, -0.2) is 0 Å². The maximum absolute atomic E-state index is 11.7. The first kappa shape index (κ1) is 14.3. The molecule has 2 aromatic rings. The molecule has 1 amide bonds. The van der Waals surface area contributed by atoms with E-state index < -0.39 is 0 Å². The fraction of sp³-hybridized carbons (Fsp3) is 0.312. The van der Waals surface area contributed by atoms with Crippen LogP contribution in [0, 0.1) is 0 Å². The Hall–Kier alpha value is -2.63. The Labute approximate surface area is 128 Å². The van der Waals surface area contributed by atoms with Gasteiger partial charge in [-0.15, -0.1) is 0 Å². The summed E-state index contributed by atoms with van der Waals surface area (Å²) < 4.78 is 16.1. The van der Waals surface area contributed by atoms with Crippen LogP contribution in [0.1, 0.15) is 12.2 Å².